The van der Waals surface area contributed by atoms with E-state index in [0.717, 1.165) is 53.1 Å². The molecule has 2 amide bonds. The third kappa shape index (κ3) is 6.21. The molecule has 1 fully saturated rings. The summed E-state index contributed by atoms with van der Waals surface area (Å²) < 4.78 is 46.5. The number of carbonyl (C=O) groups is 1. The maximum atomic E-state index is 13.0. The second kappa shape index (κ2) is 10.7. The van der Waals surface area contributed by atoms with E-state index in [2.05, 4.69) is 40.5 Å². The van der Waals surface area contributed by atoms with Crippen molar-refractivity contribution < 1.29 is 22.7 Å². The van der Waals surface area contributed by atoms with Gasteiger partial charge in [0.15, 0.2) is 5.65 Å². The molecular formula is C28H29F3N6O2. The number of halogens is 3. The summed E-state index contributed by atoms with van der Waals surface area (Å²) in [7, 11) is 1.86. The molecule has 2 aromatic heterocycles. The predicted octanol–water partition coefficient (Wildman–Crippen LogP) is 5.91. The van der Waals surface area contributed by atoms with Gasteiger partial charge in [-0.1, -0.05) is 18.2 Å². The van der Waals surface area contributed by atoms with Crippen LogP contribution in [0.4, 0.5) is 29.3 Å². The smallest absolute Gasteiger partial charge is 0.373 e. The van der Waals surface area contributed by atoms with Gasteiger partial charge in [-0.3, -0.25) is 9.58 Å². The largest absolute Gasteiger partial charge is 0.416 e. The summed E-state index contributed by atoms with van der Waals surface area (Å²) in [5.74, 6) is 0. The molecule has 4 aromatic rings. The Morgan fingerprint density at radius 1 is 1.03 bits per heavy atom. The van der Waals surface area contributed by atoms with Crippen molar-refractivity contribution in [3.8, 4) is 11.1 Å². The van der Waals surface area contributed by atoms with Gasteiger partial charge < -0.3 is 15.4 Å². The van der Waals surface area contributed by atoms with E-state index < -0.39 is 17.8 Å². The monoisotopic (exact) mass is 538 g/mol. The minimum absolute atomic E-state index is 0.0475. The number of aryl methyl sites for hydroxylation is 1. The average molecular weight is 539 g/mol. The molecule has 39 heavy (non-hydrogen) atoms. The standard InChI is InChI=1S/C28H29F3N6O2/c1-17-14-37(15-18(2)39-17)16-23-12-24(25-13-32-36(3)26(25)33-23)19-7-9-21(10-8-19)34-27(38)35-22-6-4-5-20(11-22)28(29,30)31/h4-13,17-18H,14-16H2,1-3H3,(H2,34,35,38). The maximum Gasteiger partial charge on any atom is 0.416 e. The normalized spacial score (nSPS) is 18.3. The Hall–Kier alpha value is -3.96. The number of pyridine rings is 1. The van der Waals surface area contributed by atoms with Crippen molar-refractivity contribution in [2.75, 3.05) is 23.7 Å². The van der Waals surface area contributed by atoms with Crippen LogP contribution in [-0.2, 0) is 24.5 Å². The molecule has 0 saturated carbocycles. The predicted molar refractivity (Wildman–Crippen MR) is 143 cm³/mol. The van der Waals surface area contributed by atoms with Crippen LogP contribution < -0.4 is 10.6 Å². The summed E-state index contributed by atoms with van der Waals surface area (Å²) in [6, 6.07) is 13.2. The number of nitrogens with zero attached hydrogens (tertiary/aromatic N) is 4. The number of carbonyl (C=O) groups excluding carboxylic acids is 1. The van der Waals surface area contributed by atoms with E-state index in [-0.39, 0.29) is 17.9 Å². The number of hydrogen-bond acceptors (Lipinski definition) is 5. The Morgan fingerprint density at radius 2 is 1.72 bits per heavy atom. The van der Waals surface area contributed by atoms with E-state index in [0.29, 0.717) is 12.2 Å². The molecule has 0 spiro atoms. The van der Waals surface area contributed by atoms with Crippen LogP contribution in [0.5, 0.6) is 0 Å². The summed E-state index contributed by atoms with van der Waals surface area (Å²) in [5, 5.41) is 10.4. The van der Waals surface area contributed by atoms with Crippen LogP contribution in [-0.4, -0.2) is 51.0 Å². The van der Waals surface area contributed by atoms with Crippen molar-refractivity contribution in [1.29, 1.82) is 0 Å². The lowest BCUT2D eigenvalue weighted by Gasteiger charge is -2.35. The van der Waals surface area contributed by atoms with Crippen LogP contribution in [0.25, 0.3) is 22.2 Å². The Bertz CT molecular complexity index is 1480. The van der Waals surface area contributed by atoms with Crippen LogP contribution in [0.3, 0.4) is 0 Å². The molecule has 204 valence electrons. The summed E-state index contributed by atoms with van der Waals surface area (Å²) >= 11 is 0. The van der Waals surface area contributed by atoms with Crippen molar-refractivity contribution in [2.24, 2.45) is 7.05 Å². The number of anilines is 2. The molecule has 2 unspecified atom stereocenters. The van der Waals surface area contributed by atoms with Gasteiger partial charge in [0.1, 0.15) is 0 Å². The number of benzene rings is 2. The van der Waals surface area contributed by atoms with Gasteiger partial charge in [0, 0.05) is 43.4 Å². The Morgan fingerprint density at radius 3 is 2.41 bits per heavy atom. The second-order valence-corrected chi connectivity index (χ2v) is 9.85. The molecule has 8 nitrogen and oxygen atoms in total. The molecule has 2 atom stereocenters. The molecule has 1 aliphatic rings. The van der Waals surface area contributed by atoms with Crippen LogP contribution in [0.15, 0.2) is 60.8 Å². The Balaban J connectivity index is 1.33. The molecular weight excluding hydrogens is 509 g/mol. The average Bonchev–Trinajstić information content (AvgIpc) is 3.23. The first-order valence-corrected chi connectivity index (χ1v) is 12.6. The van der Waals surface area contributed by atoms with E-state index in [9.17, 15) is 18.0 Å². The summed E-state index contributed by atoms with van der Waals surface area (Å²) in [5.41, 5.74) is 3.30. The minimum atomic E-state index is -4.49. The van der Waals surface area contributed by atoms with Gasteiger partial charge in [-0.2, -0.15) is 18.3 Å². The van der Waals surface area contributed by atoms with Crippen molar-refractivity contribution in [3.05, 3.63) is 72.1 Å². The van der Waals surface area contributed by atoms with Gasteiger partial charge in [-0.25, -0.2) is 9.78 Å². The van der Waals surface area contributed by atoms with Crippen molar-refractivity contribution in [1.82, 2.24) is 19.7 Å². The van der Waals surface area contributed by atoms with Gasteiger partial charge in [0.05, 0.1) is 29.7 Å². The molecule has 3 heterocycles. The highest BCUT2D eigenvalue weighted by atomic mass is 19.4. The quantitative estimate of drug-likeness (QED) is 0.330. The molecule has 0 radical (unpaired) electrons. The molecule has 0 aliphatic carbocycles. The van der Waals surface area contributed by atoms with Gasteiger partial charge in [0.25, 0.3) is 0 Å². The fourth-order valence-electron chi connectivity index (χ4n) is 4.93. The van der Waals surface area contributed by atoms with Crippen LogP contribution in [0, 0.1) is 0 Å². The second-order valence-electron chi connectivity index (χ2n) is 9.85. The number of ether oxygens (including phenoxy) is 1. The molecule has 11 heteroatoms. The summed E-state index contributed by atoms with van der Waals surface area (Å²) in [6.07, 6.45) is -2.40. The van der Waals surface area contributed by atoms with Gasteiger partial charge in [-0.15, -0.1) is 0 Å². The summed E-state index contributed by atoms with van der Waals surface area (Å²) in [4.78, 5) is 19.6. The number of nitrogens with one attached hydrogen (secondary N) is 2. The number of amides is 2. The van der Waals surface area contributed by atoms with E-state index in [1.165, 1.54) is 12.1 Å². The van der Waals surface area contributed by atoms with Gasteiger partial charge in [0.2, 0.25) is 0 Å². The number of fused-ring (bicyclic) bond motifs is 1. The Kier molecular flexibility index (Phi) is 7.28. The Labute approximate surface area is 223 Å². The van der Waals surface area contributed by atoms with Gasteiger partial charge in [-0.05, 0) is 61.4 Å². The number of aromatic nitrogens is 3. The number of rotatable bonds is 5. The number of urea groups is 1. The molecule has 1 aliphatic heterocycles. The zero-order valence-electron chi connectivity index (χ0n) is 21.8. The van der Waals surface area contributed by atoms with E-state index in [4.69, 9.17) is 9.72 Å². The first-order chi connectivity index (χ1) is 18.5. The highest BCUT2D eigenvalue weighted by Gasteiger charge is 2.30. The van der Waals surface area contributed by atoms with E-state index >= 15 is 0 Å². The zero-order valence-corrected chi connectivity index (χ0v) is 21.8. The molecule has 5 rings (SSSR count). The number of morpholine rings is 1. The third-order valence-corrected chi connectivity index (χ3v) is 6.54. The van der Waals surface area contributed by atoms with E-state index in [1.54, 1.807) is 23.0 Å². The van der Waals surface area contributed by atoms with Crippen molar-refractivity contribution in [3.63, 3.8) is 0 Å². The van der Waals surface area contributed by atoms with Crippen molar-refractivity contribution >= 4 is 28.4 Å². The lowest BCUT2D eigenvalue weighted by Crippen LogP contribution is -2.44. The number of hydrogen-bond donors (Lipinski definition) is 2. The minimum Gasteiger partial charge on any atom is -0.373 e. The van der Waals surface area contributed by atoms with Crippen molar-refractivity contribution in [2.45, 2.75) is 38.8 Å². The first kappa shape index (κ1) is 26.6. The van der Waals surface area contributed by atoms with Gasteiger partial charge >= 0.3 is 12.2 Å². The van der Waals surface area contributed by atoms with Crippen LogP contribution >= 0.6 is 0 Å². The molecule has 2 N–H and O–H groups in total. The fraction of sp³-hybridized carbons (Fsp3) is 0.321. The van der Waals surface area contributed by atoms with Crippen LogP contribution in [0.1, 0.15) is 25.1 Å². The topological polar surface area (TPSA) is 84.3 Å². The highest BCUT2D eigenvalue weighted by Crippen LogP contribution is 2.32. The fourth-order valence-corrected chi connectivity index (χ4v) is 4.93. The third-order valence-electron chi connectivity index (χ3n) is 6.54. The molecule has 1 saturated heterocycles. The zero-order chi connectivity index (χ0) is 27.7. The molecule has 0 bridgehead atoms. The van der Waals surface area contributed by atoms with Crippen LogP contribution in [0.2, 0.25) is 0 Å². The van der Waals surface area contributed by atoms with E-state index in [1.807, 2.05) is 19.2 Å². The SMILES string of the molecule is CC1CN(Cc2cc(-c3ccc(NC(=O)Nc4cccc(C(F)(F)F)c4)cc3)c3cnn(C)c3n2)CC(C)O1. The lowest BCUT2D eigenvalue weighted by molar-refractivity contribution is -0.137. The highest BCUT2D eigenvalue weighted by molar-refractivity contribution is 6.00. The maximum absolute atomic E-state index is 13.0. The summed E-state index contributed by atoms with van der Waals surface area (Å²) in [6.45, 7) is 6.48. The first-order valence-electron chi connectivity index (χ1n) is 12.6. The molecule has 2 aromatic carbocycles. The lowest BCUT2D eigenvalue weighted by atomic mass is 10.0. The number of alkyl halides is 3.